The Kier molecular flexibility index (Phi) is 33.1. The molecule has 0 aliphatic heterocycles. The molecule has 0 aromatic rings. The van der Waals surface area contributed by atoms with E-state index in [1.54, 1.807) is 0 Å². The Morgan fingerprint density at radius 2 is 1.33 bits per heavy atom. The van der Waals surface area contributed by atoms with E-state index in [1.807, 2.05) is 0 Å². The van der Waals surface area contributed by atoms with Crippen molar-refractivity contribution in [1.29, 1.82) is 0 Å². The maximum Gasteiger partial charge on any atom is 0.300 e. The molecule has 0 aromatic carbocycles. The molecule has 0 fully saturated rings. The zero-order valence-corrected chi connectivity index (χ0v) is 7.87. The van der Waals surface area contributed by atoms with Crippen LogP contribution in [0.5, 0.6) is 0 Å². The zero-order valence-electron chi connectivity index (χ0n) is 6.97. The molecule has 12 heavy (non-hydrogen) atoms. The van der Waals surface area contributed by atoms with E-state index in [0.29, 0.717) is 5.75 Å². The fourth-order valence-corrected chi connectivity index (χ4v) is 0. The third-order valence-corrected chi connectivity index (χ3v) is 0.400. The predicted molar refractivity (Wildman–Crippen MR) is 48.4 cm³/mol. The normalized spacial score (nSPS) is 7.08. The van der Waals surface area contributed by atoms with Gasteiger partial charge in [-0.15, -0.1) is 0 Å². The van der Waals surface area contributed by atoms with Crippen LogP contribution in [0.3, 0.4) is 0 Å². The molecular formula is C6H16O5S. The van der Waals surface area contributed by atoms with Crippen molar-refractivity contribution in [3.05, 3.63) is 0 Å². The summed E-state index contributed by atoms with van der Waals surface area (Å²) in [6.45, 7) is 1.02. The largest absolute Gasteiger partial charge is 0.481 e. The van der Waals surface area contributed by atoms with Crippen molar-refractivity contribution in [3.63, 3.8) is 0 Å². The van der Waals surface area contributed by atoms with Crippen LogP contribution in [0, 0.1) is 0 Å². The molecule has 0 rings (SSSR count). The van der Waals surface area contributed by atoms with E-state index in [4.69, 9.17) is 25.2 Å². The van der Waals surface area contributed by atoms with Crippen LogP contribution in [0.1, 0.15) is 6.92 Å². The summed E-state index contributed by atoms with van der Waals surface area (Å²) in [7, 11) is 0. The molecule has 0 heterocycles. The average Bonchev–Trinajstić information content (AvgIpc) is 2.03. The van der Waals surface area contributed by atoms with Gasteiger partial charge in [0.05, 0.1) is 19.8 Å². The molecule has 0 aliphatic rings. The van der Waals surface area contributed by atoms with E-state index >= 15 is 0 Å². The van der Waals surface area contributed by atoms with Crippen LogP contribution in [0.2, 0.25) is 0 Å². The van der Waals surface area contributed by atoms with Gasteiger partial charge < -0.3 is 20.4 Å². The van der Waals surface area contributed by atoms with Crippen molar-refractivity contribution >= 4 is 18.6 Å². The minimum Gasteiger partial charge on any atom is -0.481 e. The highest BCUT2D eigenvalue weighted by atomic mass is 32.1. The lowest BCUT2D eigenvalue weighted by molar-refractivity contribution is -0.134. The van der Waals surface area contributed by atoms with E-state index < -0.39 is 5.97 Å². The Morgan fingerprint density at radius 1 is 1.17 bits per heavy atom. The lowest BCUT2D eigenvalue weighted by atomic mass is 10.8. The Bertz CT molecular complexity index is 66.3. The van der Waals surface area contributed by atoms with E-state index in [9.17, 15) is 0 Å². The maximum absolute atomic E-state index is 9.00. The van der Waals surface area contributed by atoms with E-state index in [1.165, 1.54) is 0 Å². The number of hydrogen-bond donors (Lipinski definition) is 5. The van der Waals surface area contributed by atoms with E-state index in [-0.39, 0.29) is 19.8 Å². The molecule has 0 radical (unpaired) electrons. The van der Waals surface area contributed by atoms with Gasteiger partial charge in [-0.05, 0) is 0 Å². The zero-order chi connectivity index (χ0) is 10.4. The summed E-state index contributed by atoms with van der Waals surface area (Å²) in [4.78, 5) is 9.00. The number of thiol groups is 1. The van der Waals surface area contributed by atoms with E-state index in [2.05, 4.69) is 12.6 Å². The van der Waals surface area contributed by atoms with Crippen molar-refractivity contribution in [2.24, 2.45) is 0 Å². The summed E-state index contributed by atoms with van der Waals surface area (Å²) in [6, 6.07) is 0. The Balaban J connectivity index is -0.000000101. The summed E-state index contributed by atoms with van der Waals surface area (Å²) in [5.41, 5.74) is 0. The molecule has 0 spiro atoms. The molecule has 0 atom stereocenters. The second-order valence-electron chi connectivity index (χ2n) is 1.41. The van der Waals surface area contributed by atoms with Crippen LogP contribution in [0.25, 0.3) is 0 Å². The van der Waals surface area contributed by atoms with Crippen molar-refractivity contribution in [2.75, 3.05) is 25.6 Å². The fourth-order valence-electron chi connectivity index (χ4n) is 0. The highest BCUT2D eigenvalue weighted by Crippen LogP contribution is 1.61. The molecule has 0 bridgehead atoms. The average molecular weight is 200 g/mol. The van der Waals surface area contributed by atoms with Crippen molar-refractivity contribution < 1.29 is 25.2 Å². The first-order valence-electron chi connectivity index (χ1n) is 3.19. The van der Waals surface area contributed by atoms with Crippen LogP contribution in [-0.2, 0) is 4.79 Å². The Hall–Kier alpha value is -0.300. The standard InChI is InChI=1S/C2H4O2.C2H6O2.C2H6OS/c1-2(3)4;2*3-1-2-4/h1H3,(H,3,4);2*3-4H,1-2H2. The quantitative estimate of drug-likeness (QED) is 0.367. The van der Waals surface area contributed by atoms with Gasteiger partial charge in [0.25, 0.3) is 5.97 Å². The van der Waals surface area contributed by atoms with Gasteiger partial charge >= 0.3 is 0 Å². The van der Waals surface area contributed by atoms with Crippen molar-refractivity contribution in [1.82, 2.24) is 0 Å². The first-order valence-corrected chi connectivity index (χ1v) is 3.83. The highest BCUT2D eigenvalue weighted by Gasteiger charge is 1.65. The smallest absolute Gasteiger partial charge is 0.300 e. The summed E-state index contributed by atoms with van der Waals surface area (Å²) in [5.74, 6) is -0.264. The van der Waals surface area contributed by atoms with E-state index in [0.717, 1.165) is 6.92 Å². The maximum atomic E-state index is 9.00. The molecule has 76 valence electrons. The topological polar surface area (TPSA) is 98.0 Å². The molecule has 0 unspecified atom stereocenters. The number of carboxylic acids is 1. The third kappa shape index (κ3) is 254. The molecule has 0 saturated carbocycles. The molecule has 4 N–H and O–H groups in total. The highest BCUT2D eigenvalue weighted by molar-refractivity contribution is 7.80. The first-order chi connectivity index (χ1) is 5.56. The van der Waals surface area contributed by atoms with Crippen LogP contribution >= 0.6 is 12.6 Å². The van der Waals surface area contributed by atoms with Gasteiger partial charge in [0.1, 0.15) is 0 Å². The summed E-state index contributed by atoms with van der Waals surface area (Å²) < 4.78 is 0. The number of aliphatic carboxylic acids is 1. The summed E-state index contributed by atoms with van der Waals surface area (Å²) in [5, 5.41) is 30.5. The number of aliphatic hydroxyl groups excluding tert-OH is 3. The van der Waals surface area contributed by atoms with Crippen LogP contribution in [-0.4, -0.2) is 52.0 Å². The molecule has 6 heteroatoms. The summed E-state index contributed by atoms with van der Waals surface area (Å²) in [6.07, 6.45) is 0. The fraction of sp³-hybridized carbons (Fsp3) is 0.833. The van der Waals surface area contributed by atoms with Gasteiger partial charge in [-0.1, -0.05) is 0 Å². The second-order valence-corrected chi connectivity index (χ2v) is 1.86. The van der Waals surface area contributed by atoms with Crippen LogP contribution in [0.4, 0.5) is 0 Å². The van der Waals surface area contributed by atoms with Gasteiger partial charge in [0.15, 0.2) is 0 Å². The molecule has 5 nitrogen and oxygen atoms in total. The number of rotatable bonds is 2. The monoisotopic (exact) mass is 200 g/mol. The van der Waals surface area contributed by atoms with Crippen LogP contribution in [0.15, 0.2) is 0 Å². The molecular weight excluding hydrogens is 184 g/mol. The van der Waals surface area contributed by atoms with Gasteiger partial charge in [0, 0.05) is 12.7 Å². The molecule has 0 saturated heterocycles. The number of carboxylic acid groups (broad SMARTS) is 1. The first kappa shape index (κ1) is 17.7. The van der Waals surface area contributed by atoms with Gasteiger partial charge in [-0.2, -0.15) is 12.6 Å². The second kappa shape index (κ2) is 22.4. The van der Waals surface area contributed by atoms with Gasteiger partial charge in [-0.3, -0.25) is 4.79 Å². The number of aliphatic hydroxyl groups is 3. The molecule has 0 aromatic heterocycles. The number of carbonyl (C=O) groups is 1. The number of hydrogen-bond acceptors (Lipinski definition) is 5. The minimum absolute atomic E-state index is 0.125. The van der Waals surface area contributed by atoms with Gasteiger partial charge in [-0.25, -0.2) is 0 Å². The van der Waals surface area contributed by atoms with Crippen molar-refractivity contribution in [3.8, 4) is 0 Å². The predicted octanol–water partition coefficient (Wildman–Crippen LogP) is -1.03. The summed E-state index contributed by atoms with van der Waals surface area (Å²) >= 11 is 3.67. The lowest BCUT2D eigenvalue weighted by Crippen LogP contribution is -1.85. The molecule has 0 aliphatic carbocycles. The molecule has 0 amide bonds. The Labute approximate surface area is 77.1 Å². The minimum atomic E-state index is -0.833. The Morgan fingerprint density at radius 3 is 1.33 bits per heavy atom. The third-order valence-electron chi connectivity index (χ3n) is 0.200. The lowest BCUT2D eigenvalue weighted by Gasteiger charge is -1.70. The van der Waals surface area contributed by atoms with Crippen molar-refractivity contribution in [2.45, 2.75) is 6.92 Å². The SMILES string of the molecule is CC(=O)O.OCCO.OCCS. The van der Waals surface area contributed by atoms with Gasteiger partial charge in [0.2, 0.25) is 0 Å². The van der Waals surface area contributed by atoms with Crippen LogP contribution < -0.4 is 0 Å².